The number of benzene rings is 4. The third kappa shape index (κ3) is 4.18. The van der Waals surface area contributed by atoms with E-state index in [1.54, 1.807) is 0 Å². The zero-order chi connectivity index (χ0) is 27.9. The largest absolute Gasteiger partial charge is 0.256 e. The van der Waals surface area contributed by atoms with E-state index >= 15 is 0 Å². The maximum Gasteiger partial charge on any atom is 0.0708 e. The molecule has 0 amide bonds. The van der Waals surface area contributed by atoms with Crippen LogP contribution in [0.4, 0.5) is 0 Å². The average Bonchev–Trinajstić information content (AvgIpc) is 3.09. The molecule has 4 heteroatoms. The van der Waals surface area contributed by atoms with Crippen LogP contribution in [-0.4, -0.2) is 19.9 Å². The van der Waals surface area contributed by atoms with E-state index in [4.69, 9.17) is 9.97 Å². The molecule has 8 aromatic rings. The van der Waals surface area contributed by atoms with E-state index in [0.717, 1.165) is 45.0 Å². The highest BCUT2D eigenvalue weighted by Crippen LogP contribution is 2.39. The summed E-state index contributed by atoms with van der Waals surface area (Å²) in [7, 11) is 0. The molecule has 4 nitrogen and oxygen atoms in total. The van der Waals surface area contributed by atoms with Crippen LogP contribution in [0, 0.1) is 0 Å². The summed E-state index contributed by atoms with van der Waals surface area (Å²) in [5.74, 6) is 0. The minimum atomic E-state index is 0.929. The maximum atomic E-state index is 4.72. The van der Waals surface area contributed by atoms with Gasteiger partial charge in [-0.15, -0.1) is 0 Å². The molecule has 4 aromatic carbocycles. The Morgan fingerprint density at radius 2 is 0.667 bits per heavy atom. The lowest BCUT2D eigenvalue weighted by Gasteiger charge is -2.13. The second kappa shape index (κ2) is 10.0. The number of fused-ring (bicyclic) bond motifs is 6. The molecule has 42 heavy (non-hydrogen) atoms. The summed E-state index contributed by atoms with van der Waals surface area (Å²) in [5.41, 5.74) is 8.00. The van der Waals surface area contributed by atoms with Gasteiger partial charge in [0.05, 0.1) is 22.8 Å². The number of nitrogens with zero attached hydrogens (tertiary/aromatic N) is 4. The highest BCUT2D eigenvalue weighted by Gasteiger charge is 2.13. The Morgan fingerprint density at radius 1 is 0.262 bits per heavy atom. The minimum absolute atomic E-state index is 0.929. The first-order valence-corrected chi connectivity index (χ1v) is 14.0. The first-order valence-electron chi connectivity index (χ1n) is 14.0. The van der Waals surface area contributed by atoms with Crippen LogP contribution in [0.25, 0.3) is 77.3 Å². The van der Waals surface area contributed by atoms with Crippen molar-refractivity contribution in [1.29, 1.82) is 0 Å². The van der Waals surface area contributed by atoms with Crippen LogP contribution in [0.1, 0.15) is 0 Å². The van der Waals surface area contributed by atoms with Gasteiger partial charge in [0.25, 0.3) is 0 Å². The quantitative estimate of drug-likeness (QED) is 0.210. The molecule has 0 atom stereocenters. The fourth-order valence-corrected chi connectivity index (χ4v) is 5.84. The molecule has 0 spiro atoms. The number of hydrogen-bond acceptors (Lipinski definition) is 4. The summed E-state index contributed by atoms with van der Waals surface area (Å²) < 4.78 is 0. The molecule has 8 rings (SSSR count). The number of aromatic nitrogens is 4. The van der Waals surface area contributed by atoms with Gasteiger partial charge >= 0.3 is 0 Å². The zero-order valence-electron chi connectivity index (χ0n) is 22.6. The Hall–Kier alpha value is -5.74. The summed E-state index contributed by atoms with van der Waals surface area (Å²) in [4.78, 5) is 18.5. The van der Waals surface area contributed by atoms with Crippen LogP contribution in [0.2, 0.25) is 0 Å². The number of hydrogen-bond donors (Lipinski definition) is 0. The van der Waals surface area contributed by atoms with Gasteiger partial charge in [-0.2, -0.15) is 0 Å². The van der Waals surface area contributed by atoms with Gasteiger partial charge in [-0.1, -0.05) is 60.7 Å². The van der Waals surface area contributed by atoms with Crippen molar-refractivity contribution in [3.8, 4) is 45.0 Å². The van der Waals surface area contributed by atoms with E-state index < -0.39 is 0 Å². The maximum absolute atomic E-state index is 4.72. The van der Waals surface area contributed by atoms with Crippen molar-refractivity contribution < 1.29 is 0 Å². The third-order valence-electron chi connectivity index (χ3n) is 7.87. The van der Waals surface area contributed by atoms with Gasteiger partial charge in [-0.25, -0.2) is 0 Å². The molecule has 0 aliphatic heterocycles. The van der Waals surface area contributed by atoms with Crippen LogP contribution >= 0.6 is 0 Å². The van der Waals surface area contributed by atoms with Crippen molar-refractivity contribution in [3.63, 3.8) is 0 Å². The van der Waals surface area contributed by atoms with E-state index in [2.05, 4.69) is 82.8 Å². The normalized spacial score (nSPS) is 11.3. The smallest absolute Gasteiger partial charge is 0.0708 e. The molecule has 0 saturated carbocycles. The summed E-state index contributed by atoms with van der Waals surface area (Å²) in [6, 6.07) is 42.2. The summed E-state index contributed by atoms with van der Waals surface area (Å²) in [6.07, 6.45) is 7.36. The van der Waals surface area contributed by atoms with Gasteiger partial charge in [-0.3, -0.25) is 19.9 Å². The first kappa shape index (κ1) is 24.1. The van der Waals surface area contributed by atoms with Crippen LogP contribution in [0.3, 0.4) is 0 Å². The van der Waals surface area contributed by atoms with Crippen molar-refractivity contribution in [1.82, 2.24) is 19.9 Å². The SMILES string of the molecule is c1ccc(-c2ccnc(-c3ccc4c5ccc(-c6cc(-c7ccccn7)ccn6)cc5c5ccccc5c4c3)c2)nc1. The fourth-order valence-electron chi connectivity index (χ4n) is 5.84. The first-order chi connectivity index (χ1) is 20.8. The van der Waals surface area contributed by atoms with E-state index in [1.165, 1.54) is 32.3 Å². The standard InChI is InChI=1S/C38H24N4/c1-2-8-30-29(7-1)33-21-25(37-23-27(15-19-41-37)35-9-3-5-17-39-35)11-13-31(33)32-14-12-26(22-34(30)32)38-24-28(16-20-42-38)36-10-4-6-18-40-36/h1-24H. The van der Waals surface area contributed by atoms with E-state index in [0.29, 0.717) is 0 Å². The molecule has 0 radical (unpaired) electrons. The van der Waals surface area contributed by atoms with Gasteiger partial charge in [0.1, 0.15) is 0 Å². The van der Waals surface area contributed by atoms with E-state index in [-0.39, 0.29) is 0 Å². The average molecular weight is 537 g/mol. The van der Waals surface area contributed by atoms with Crippen molar-refractivity contribution in [3.05, 3.63) is 146 Å². The molecule has 0 aliphatic rings. The highest BCUT2D eigenvalue weighted by atomic mass is 14.7. The summed E-state index contributed by atoms with van der Waals surface area (Å²) >= 11 is 0. The van der Waals surface area contributed by atoms with Crippen LogP contribution < -0.4 is 0 Å². The van der Waals surface area contributed by atoms with Gasteiger partial charge < -0.3 is 0 Å². The lowest BCUT2D eigenvalue weighted by Crippen LogP contribution is -1.90. The zero-order valence-corrected chi connectivity index (χ0v) is 22.6. The molecule has 0 unspecified atom stereocenters. The molecule has 0 saturated heterocycles. The van der Waals surface area contributed by atoms with Gasteiger partial charge in [0.2, 0.25) is 0 Å². The number of rotatable bonds is 4. The molecular formula is C38H24N4. The molecule has 0 aliphatic carbocycles. The molecule has 0 fully saturated rings. The van der Waals surface area contributed by atoms with E-state index in [9.17, 15) is 0 Å². The predicted molar refractivity (Wildman–Crippen MR) is 172 cm³/mol. The molecule has 196 valence electrons. The van der Waals surface area contributed by atoms with Gasteiger partial charge in [0, 0.05) is 47.0 Å². The molecule has 0 bridgehead atoms. The van der Waals surface area contributed by atoms with E-state index in [1.807, 2.05) is 73.3 Å². The molecular weight excluding hydrogens is 512 g/mol. The van der Waals surface area contributed by atoms with Gasteiger partial charge in [-0.05, 0) is 93.0 Å². The lowest BCUT2D eigenvalue weighted by atomic mass is 9.91. The van der Waals surface area contributed by atoms with Crippen LogP contribution in [0.15, 0.2) is 146 Å². The fraction of sp³-hybridized carbons (Fsp3) is 0. The predicted octanol–water partition coefficient (Wildman–Crippen LogP) is 9.39. The van der Waals surface area contributed by atoms with Crippen molar-refractivity contribution in [2.45, 2.75) is 0 Å². The van der Waals surface area contributed by atoms with Crippen molar-refractivity contribution >= 4 is 32.3 Å². The molecule has 0 N–H and O–H groups in total. The lowest BCUT2D eigenvalue weighted by molar-refractivity contribution is 1.29. The Bertz CT molecular complexity index is 2060. The topological polar surface area (TPSA) is 51.6 Å². The minimum Gasteiger partial charge on any atom is -0.256 e. The third-order valence-corrected chi connectivity index (χ3v) is 7.87. The van der Waals surface area contributed by atoms with Crippen LogP contribution in [0.5, 0.6) is 0 Å². The molecule has 4 aromatic heterocycles. The van der Waals surface area contributed by atoms with Crippen LogP contribution in [-0.2, 0) is 0 Å². The monoisotopic (exact) mass is 536 g/mol. The Kier molecular flexibility index (Phi) is 5.75. The Labute approximate surface area is 243 Å². The highest BCUT2D eigenvalue weighted by molar-refractivity contribution is 6.26. The second-order valence-electron chi connectivity index (χ2n) is 10.4. The van der Waals surface area contributed by atoms with Gasteiger partial charge in [0.15, 0.2) is 0 Å². The Morgan fingerprint density at radius 3 is 1.12 bits per heavy atom. The second-order valence-corrected chi connectivity index (χ2v) is 10.4. The number of pyridine rings is 4. The molecule has 4 heterocycles. The summed E-state index contributed by atoms with van der Waals surface area (Å²) in [5, 5.41) is 7.29. The van der Waals surface area contributed by atoms with Crippen molar-refractivity contribution in [2.75, 3.05) is 0 Å². The summed E-state index contributed by atoms with van der Waals surface area (Å²) in [6.45, 7) is 0. The van der Waals surface area contributed by atoms with Crippen molar-refractivity contribution in [2.24, 2.45) is 0 Å². The Balaban J connectivity index is 1.28.